The number of sulfonamides is 1. The van der Waals surface area contributed by atoms with Crippen LogP contribution in [0.2, 0.25) is 10.0 Å². The molecule has 2 rings (SSSR count). The van der Waals surface area contributed by atoms with E-state index < -0.39 is 10.0 Å². The monoisotopic (exact) mass is 412 g/mol. The highest BCUT2D eigenvalue weighted by atomic mass is 35.5. The third kappa shape index (κ3) is 6.37. The molecule has 0 bridgehead atoms. The molecule has 0 aliphatic rings. The number of rotatable bonds is 6. The normalized spacial score (nSPS) is 12.8. The molecule has 1 unspecified atom stereocenters. The SMILES string of the molecule is CC(NC(=O)C=Cc1ccc(Cl)c(Cl)c1)c1cccc(NS(C)(=O)=O)c1. The Balaban J connectivity index is 2.03. The van der Waals surface area contributed by atoms with E-state index in [0.717, 1.165) is 17.4 Å². The molecule has 2 aromatic rings. The quantitative estimate of drug-likeness (QED) is 0.695. The van der Waals surface area contributed by atoms with Crippen molar-refractivity contribution in [3.63, 3.8) is 0 Å². The smallest absolute Gasteiger partial charge is 0.244 e. The van der Waals surface area contributed by atoms with Gasteiger partial charge in [0.25, 0.3) is 0 Å². The van der Waals surface area contributed by atoms with E-state index in [-0.39, 0.29) is 11.9 Å². The van der Waals surface area contributed by atoms with Gasteiger partial charge in [0.2, 0.25) is 15.9 Å². The van der Waals surface area contributed by atoms with Crippen LogP contribution >= 0.6 is 23.2 Å². The predicted octanol–water partition coefficient (Wildman–Crippen LogP) is 4.26. The van der Waals surface area contributed by atoms with Crippen LogP contribution < -0.4 is 10.0 Å². The minimum Gasteiger partial charge on any atom is -0.346 e. The highest BCUT2D eigenvalue weighted by Crippen LogP contribution is 2.23. The van der Waals surface area contributed by atoms with Crippen molar-refractivity contribution in [2.45, 2.75) is 13.0 Å². The van der Waals surface area contributed by atoms with Gasteiger partial charge in [0, 0.05) is 11.8 Å². The topological polar surface area (TPSA) is 75.3 Å². The van der Waals surface area contributed by atoms with Crippen molar-refractivity contribution in [1.29, 1.82) is 0 Å². The molecule has 0 aromatic heterocycles. The molecule has 0 fully saturated rings. The van der Waals surface area contributed by atoms with Crippen molar-refractivity contribution in [3.8, 4) is 0 Å². The summed E-state index contributed by atoms with van der Waals surface area (Å²) < 4.78 is 25.0. The zero-order valence-corrected chi connectivity index (χ0v) is 16.5. The molecule has 0 aliphatic carbocycles. The lowest BCUT2D eigenvalue weighted by atomic mass is 10.1. The van der Waals surface area contributed by atoms with Crippen LogP contribution in [-0.4, -0.2) is 20.6 Å². The maximum Gasteiger partial charge on any atom is 0.244 e. The van der Waals surface area contributed by atoms with Crippen LogP contribution in [0.15, 0.2) is 48.5 Å². The van der Waals surface area contributed by atoms with Crippen LogP contribution in [0.5, 0.6) is 0 Å². The van der Waals surface area contributed by atoms with Crippen LogP contribution in [0.4, 0.5) is 5.69 Å². The summed E-state index contributed by atoms with van der Waals surface area (Å²) in [5.74, 6) is -0.287. The summed E-state index contributed by atoms with van der Waals surface area (Å²) in [6, 6.07) is 11.6. The largest absolute Gasteiger partial charge is 0.346 e. The van der Waals surface area contributed by atoms with Crippen molar-refractivity contribution in [1.82, 2.24) is 5.32 Å². The van der Waals surface area contributed by atoms with E-state index in [9.17, 15) is 13.2 Å². The van der Waals surface area contributed by atoms with Gasteiger partial charge in [-0.15, -0.1) is 0 Å². The number of anilines is 1. The first-order valence-corrected chi connectivity index (χ1v) is 10.3. The number of hydrogen-bond donors (Lipinski definition) is 2. The fourth-order valence-electron chi connectivity index (χ4n) is 2.22. The summed E-state index contributed by atoms with van der Waals surface area (Å²) >= 11 is 11.8. The Morgan fingerprint density at radius 2 is 1.85 bits per heavy atom. The van der Waals surface area contributed by atoms with Crippen molar-refractivity contribution in [2.24, 2.45) is 0 Å². The second kappa shape index (κ2) is 8.58. The van der Waals surface area contributed by atoms with Gasteiger partial charge in [0.15, 0.2) is 0 Å². The molecule has 0 aliphatic heterocycles. The Bertz CT molecular complexity index is 943. The first kappa shape index (κ1) is 20.3. The van der Waals surface area contributed by atoms with Crippen molar-refractivity contribution in [2.75, 3.05) is 11.0 Å². The van der Waals surface area contributed by atoms with Gasteiger partial charge < -0.3 is 5.32 Å². The fraction of sp³-hybridized carbons (Fsp3) is 0.167. The first-order valence-electron chi connectivity index (χ1n) is 7.65. The fourth-order valence-corrected chi connectivity index (χ4v) is 3.08. The highest BCUT2D eigenvalue weighted by Gasteiger charge is 2.09. The van der Waals surface area contributed by atoms with E-state index in [0.29, 0.717) is 15.7 Å². The van der Waals surface area contributed by atoms with Gasteiger partial charge in [0.1, 0.15) is 0 Å². The average molecular weight is 413 g/mol. The number of carbonyl (C=O) groups excluding carboxylic acids is 1. The zero-order valence-electron chi connectivity index (χ0n) is 14.2. The van der Waals surface area contributed by atoms with E-state index in [1.165, 1.54) is 6.08 Å². The Kier molecular flexibility index (Phi) is 6.69. The molecule has 0 spiro atoms. The summed E-state index contributed by atoms with van der Waals surface area (Å²) in [5.41, 5.74) is 1.97. The molecule has 2 N–H and O–H groups in total. The molecule has 1 atom stereocenters. The van der Waals surface area contributed by atoms with Crippen molar-refractivity contribution < 1.29 is 13.2 Å². The lowest BCUT2D eigenvalue weighted by molar-refractivity contribution is -0.117. The maximum atomic E-state index is 12.1. The van der Waals surface area contributed by atoms with E-state index >= 15 is 0 Å². The molecule has 5 nitrogen and oxygen atoms in total. The molecule has 0 heterocycles. The number of halogens is 2. The predicted molar refractivity (Wildman–Crippen MR) is 107 cm³/mol. The summed E-state index contributed by atoms with van der Waals surface area (Å²) in [6.07, 6.45) is 4.11. The molecule has 2 aromatic carbocycles. The Hall–Kier alpha value is -2.02. The maximum absolute atomic E-state index is 12.1. The average Bonchev–Trinajstić information content (AvgIpc) is 2.54. The van der Waals surface area contributed by atoms with E-state index in [1.807, 2.05) is 6.92 Å². The standard InChI is InChI=1S/C18H18Cl2N2O3S/c1-12(14-4-3-5-15(11-14)22-26(2,24)25)21-18(23)9-7-13-6-8-16(19)17(20)10-13/h3-12,22H,1-2H3,(H,21,23). The van der Waals surface area contributed by atoms with E-state index in [4.69, 9.17) is 23.2 Å². The molecule has 0 saturated carbocycles. The molecule has 26 heavy (non-hydrogen) atoms. The molecular weight excluding hydrogens is 395 g/mol. The van der Waals surface area contributed by atoms with E-state index in [2.05, 4.69) is 10.0 Å². The van der Waals surface area contributed by atoms with Gasteiger partial charge in [-0.1, -0.05) is 41.4 Å². The van der Waals surface area contributed by atoms with Crippen molar-refractivity contribution in [3.05, 3.63) is 69.7 Å². The Labute approximate surface area is 163 Å². The summed E-state index contributed by atoms with van der Waals surface area (Å²) in [7, 11) is -3.36. The minimum atomic E-state index is -3.36. The molecule has 138 valence electrons. The number of carbonyl (C=O) groups is 1. The second-order valence-corrected chi connectivity index (χ2v) is 8.30. The van der Waals surface area contributed by atoms with Gasteiger partial charge in [0.05, 0.1) is 22.3 Å². The third-order valence-corrected chi connectivity index (χ3v) is 4.76. The molecule has 8 heteroatoms. The number of nitrogens with one attached hydrogen (secondary N) is 2. The van der Waals surface area contributed by atoms with Crippen LogP contribution in [0.25, 0.3) is 6.08 Å². The van der Waals surface area contributed by atoms with Crippen LogP contribution in [0.1, 0.15) is 24.1 Å². The second-order valence-electron chi connectivity index (χ2n) is 5.74. The summed E-state index contributed by atoms with van der Waals surface area (Å²) in [6.45, 7) is 1.81. The van der Waals surface area contributed by atoms with Gasteiger partial charge in [-0.2, -0.15) is 0 Å². The van der Waals surface area contributed by atoms with Gasteiger partial charge >= 0.3 is 0 Å². The number of benzene rings is 2. The van der Waals surface area contributed by atoms with Crippen LogP contribution in [0.3, 0.4) is 0 Å². The van der Waals surface area contributed by atoms with Crippen molar-refractivity contribution >= 4 is 50.9 Å². The van der Waals surface area contributed by atoms with Gasteiger partial charge in [-0.05, 0) is 48.4 Å². The lowest BCUT2D eigenvalue weighted by Crippen LogP contribution is -2.24. The minimum absolute atomic E-state index is 0.287. The first-order chi connectivity index (χ1) is 12.1. The summed E-state index contributed by atoms with van der Waals surface area (Å²) in [4.78, 5) is 12.1. The highest BCUT2D eigenvalue weighted by molar-refractivity contribution is 7.92. The molecular formula is C18H18Cl2N2O3S. The third-order valence-electron chi connectivity index (χ3n) is 3.42. The molecule has 1 amide bonds. The lowest BCUT2D eigenvalue weighted by Gasteiger charge is -2.14. The van der Waals surface area contributed by atoms with Crippen LogP contribution in [0, 0.1) is 0 Å². The molecule has 0 saturated heterocycles. The zero-order chi connectivity index (χ0) is 19.3. The number of hydrogen-bond acceptors (Lipinski definition) is 3. The van der Waals surface area contributed by atoms with E-state index in [1.54, 1.807) is 48.5 Å². The molecule has 0 radical (unpaired) electrons. The summed E-state index contributed by atoms with van der Waals surface area (Å²) in [5, 5.41) is 3.68. The van der Waals surface area contributed by atoms with Gasteiger partial charge in [-0.3, -0.25) is 9.52 Å². The number of amides is 1. The Morgan fingerprint density at radius 3 is 2.50 bits per heavy atom. The van der Waals surface area contributed by atoms with Gasteiger partial charge in [-0.25, -0.2) is 8.42 Å². The van der Waals surface area contributed by atoms with Crippen LogP contribution in [-0.2, 0) is 14.8 Å². The Morgan fingerprint density at radius 1 is 1.12 bits per heavy atom.